The maximum Gasteiger partial charge on any atom is 0.417 e. The Labute approximate surface area is 206 Å². The number of amides is 2. The lowest BCUT2D eigenvalue weighted by Crippen LogP contribution is -2.37. The van der Waals surface area contributed by atoms with Crippen molar-refractivity contribution in [1.82, 2.24) is 5.32 Å². The van der Waals surface area contributed by atoms with Crippen LogP contribution in [0.4, 0.5) is 26.3 Å². The maximum absolute atomic E-state index is 13.5. The molecule has 1 N–H and O–H groups in total. The Kier molecular flexibility index (Phi) is 8.67. The van der Waals surface area contributed by atoms with Crippen LogP contribution in [0, 0.1) is 0 Å². The van der Waals surface area contributed by atoms with Crippen molar-refractivity contribution >= 4 is 50.8 Å². The van der Waals surface area contributed by atoms with Crippen LogP contribution < -0.4 is 5.32 Å². The fraction of sp³-hybridized carbons (Fsp3) is 0.238. The molecule has 14 heteroatoms. The van der Waals surface area contributed by atoms with Crippen LogP contribution in [-0.4, -0.2) is 34.7 Å². The van der Waals surface area contributed by atoms with Gasteiger partial charge in [0.2, 0.25) is 5.91 Å². The van der Waals surface area contributed by atoms with E-state index in [-0.39, 0.29) is 15.6 Å². The topological polar surface area (TPSA) is 75.6 Å². The van der Waals surface area contributed by atoms with E-state index in [0.717, 1.165) is 42.9 Å². The molecule has 2 amide bonds. The van der Waals surface area contributed by atoms with Gasteiger partial charge < -0.3 is 5.32 Å². The van der Waals surface area contributed by atoms with Gasteiger partial charge in [-0.1, -0.05) is 29.3 Å². The van der Waals surface area contributed by atoms with Crippen LogP contribution in [0.3, 0.4) is 0 Å². The van der Waals surface area contributed by atoms with Gasteiger partial charge in [-0.05, 0) is 47.5 Å². The number of benzene rings is 2. The van der Waals surface area contributed by atoms with Crippen molar-refractivity contribution in [2.24, 2.45) is 4.36 Å². The Hall–Kier alpha value is -2.57. The molecule has 1 atom stereocenters. The number of nitrogens with zero attached hydrogens (tertiary/aromatic N) is 1. The zero-order chi connectivity index (χ0) is 26.8. The molecule has 2 aromatic rings. The van der Waals surface area contributed by atoms with Crippen molar-refractivity contribution in [3.8, 4) is 0 Å². The average molecular weight is 561 g/mol. The largest absolute Gasteiger partial charge is 0.417 e. The molecule has 5 nitrogen and oxygen atoms in total. The minimum atomic E-state index is -5.01. The van der Waals surface area contributed by atoms with Gasteiger partial charge in [0.05, 0.1) is 11.1 Å². The van der Waals surface area contributed by atoms with E-state index < -0.39 is 56.6 Å². The Morgan fingerprint density at radius 3 is 2.06 bits per heavy atom. The molecule has 190 valence electrons. The zero-order valence-corrected chi connectivity index (χ0v) is 20.1. The van der Waals surface area contributed by atoms with Gasteiger partial charge in [0.25, 0.3) is 5.91 Å². The van der Waals surface area contributed by atoms with Crippen molar-refractivity contribution in [3.05, 3.63) is 74.8 Å². The number of alkyl halides is 6. The number of rotatable bonds is 5. The van der Waals surface area contributed by atoms with Gasteiger partial charge in [-0.15, -0.1) is 0 Å². The van der Waals surface area contributed by atoms with E-state index in [0.29, 0.717) is 12.1 Å². The first-order chi connectivity index (χ1) is 15.9. The van der Waals surface area contributed by atoms with Gasteiger partial charge in [-0.25, -0.2) is 4.21 Å². The third-order valence-corrected chi connectivity index (χ3v) is 5.18. The van der Waals surface area contributed by atoms with Crippen molar-refractivity contribution in [1.29, 1.82) is 0 Å². The normalized spacial score (nSPS) is 13.5. The highest BCUT2D eigenvalue weighted by atomic mass is 35.5. The molecule has 0 radical (unpaired) electrons. The molecular formula is C21H16Cl2F6N2O3S. The molecule has 0 aliphatic carbocycles. The van der Waals surface area contributed by atoms with Crippen LogP contribution in [0.1, 0.15) is 33.1 Å². The van der Waals surface area contributed by atoms with E-state index in [1.54, 1.807) is 5.32 Å². The van der Waals surface area contributed by atoms with Gasteiger partial charge in [-0.2, -0.15) is 30.7 Å². The lowest BCUT2D eigenvalue weighted by atomic mass is 10.0. The van der Waals surface area contributed by atoms with Gasteiger partial charge in [0.1, 0.15) is 0 Å². The predicted molar refractivity (Wildman–Crippen MR) is 121 cm³/mol. The summed E-state index contributed by atoms with van der Waals surface area (Å²) in [5, 5.41) is 1.50. The second-order valence-corrected chi connectivity index (χ2v) is 10.8. The maximum atomic E-state index is 13.5. The summed E-state index contributed by atoms with van der Waals surface area (Å²) in [4.78, 5) is 24.2. The molecule has 0 aliphatic rings. The second-order valence-electron chi connectivity index (χ2n) is 7.40. The fourth-order valence-electron chi connectivity index (χ4n) is 2.79. The lowest BCUT2D eigenvalue weighted by molar-refractivity contribution is -0.162. The van der Waals surface area contributed by atoms with E-state index in [1.807, 2.05) is 0 Å². The summed E-state index contributed by atoms with van der Waals surface area (Å²) in [6.07, 6.45) is -6.39. The summed E-state index contributed by atoms with van der Waals surface area (Å²) in [7, 11) is -3.03. The number of nitrogens with one attached hydrogen (secondary N) is 1. The van der Waals surface area contributed by atoms with Crippen molar-refractivity contribution < 1.29 is 40.1 Å². The Morgan fingerprint density at radius 2 is 1.57 bits per heavy atom. The summed E-state index contributed by atoms with van der Waals surface area (Å²) in [6.45, 7) is 0. The van der Waals surface area contributed by atoms with E-state index in [1.165, 1.54) is 6.07 Å². The first-order valence-corrected chi connectivity index (χ1v) is 12.4. The van der Waals surface area contributed by atoms with E-state index in [4.69, 9.17) is 23.2 Å². The quantitative estimate of drug-likeness (QED) is 0.344. The molecule has 0 saturated carbocycles. The van der Waals surface area contributed by atoms with E-state index in [9.17, 15) is 40.1 Å². The molecule has 0 aromatic heterocycles. The predicted octanol–water partition coefficient (Wildman–Crippen LogP) is 6.31. The summed E-state index contributed by atoms with van der Waals surface area (Å²) in [5.41, 5.74) is -2.98. The number of carbonyl (C=O) groups is 2. The average Bonchev–Trinajstić information content (AvgIpc) is 2.66. The number of hydrogen-bond donors (Lipinski definition) is 1. The van der Waals surface area contributed by atoms with Crippen LogP contribution >= 0.6 is 23.2 Å². The molecule has 35 heavy (non-hydrogen) atoms. The third-order valence-electron chi connectivity index (χ3n) is 4.14. The molecule has 2 aromatic carbocycles. The number of carbonyl (C=O) groups excluding carboxylic acids is 2. The van der Waals surface area contributed by atoms with Crippen LogP contribution in [-0.2, 0) is 20.7 Å². The molecule has 0 heterocycles. The van der Waals surface area contributed by atoms with Gasteiger partial charge in [0, 0.05) is 38.4 Å². The SMILES string of the molecule is CS(C)(=O)=NC(=O)c1ccc(/C=C/C(=O)NC(c2cc(Cl)cc(Cl)c2)C(F)(F)F)cc1C(F)(F)F. The highest BCUT2D eigenvalue weighted by Gasteiger charge is 2.42. The summed E-state index contributed by atoms with van der Waals surface area (Å²) < 4.78 is 95.8. The smallest absolute Gasteiger partial charge is 0.337 e. The molecule has 0 aliphatic heterocycles. The Bertz CT molecular complexity index is 1270. The molecule has 0 spiro atoms. The highest BCUT2D eigenvalue weighted by Crippen LogP contribution is 2.36. The first kappa shape index (κ1) is 28.7. The van der Waals surface area contributed by atoms with Gasteiger partial charge >= 0.3 is 12.4 Å². The van der Waals surface area contributed by atoms with Crippen LogP contribution in [0.25, 0.3) is 6.08 Å². The first-order valence-electron chi connectivity index (χ1n) is 9.31. The summed E-state index contributed by atoms with van der Waals surface area (Å²) >= 11 is 11.5. The molecular weight excluding hydrogens is 545 g/mol. The minimum absolute atomic E-state index is 0.102. The molecule has 1 unspecified atom stereocenters. The van der Waals surface area contributed by atoms with Crippen LogP contribution in [0.5, 0.6) is 0 Å². The zero-order valence-electron chi connectivity index (χ0n) is 17.8. The van der Waals surface area contributed by atoms with Crippen LogP contribution in [0.2, 0.25) is 10.0 Å². The van der Waals surface area contributed by atoms with Crippen LogP contribution in [0.15, 0.2) is 46.8 Å². The molecule has 2 rings (SSSR count). The summed E-state index contributed by atoms with van der Waals surface area (Å²) in [6, 6.07) is 2.91. The van der Waals surface area contributed by atoms with Crippen molar-refractivity contribution in [2.45, 2.75) is 18.4 Å². The molecule has 0 bridgehead atoms. The number of halogens is 8. The fourth-order valence-corrected chi connectivity index (χ4v) is 3.83. The monoisotopic (exact) mass is 560 g/mol. The van der Waals surface area contributed by atoms with Crippen molar-refractivity contribution in [3.63, 3.8) is 0 Å². The van der Waals surface area contributed by atoms with E-state index >= 15 is 0 Å². The third kappa shape index (κ3) is 8.55. The molecule has 0 saturated heterocycles. The second kappa shape index (κ2) is 10.6. The Morgan fingerprint density at radius 1 is 1.00 bits per heavy atom. The summed E-state index contributed by atoms with van der Waals surface area (Å²) in [5.74, 6) is -2.63. The standard InChI is InChI=1S/C21H16Cl2F6N2O3S/c1-35(2,34)31-19(33)15-5-3-11(7-16(15)20(24,25)26)4-6-17(32)30-18(21(27,28)29)12-8-13(22)10-14(23)9-12/h3-10,18H,1-2H3,(H,30,32)/b6-4+. The van der Waals surface area contributed by atoms with Gasteiger partial charge in [-0.3, -0.25) is 9.59 Å². The highest BCUT2D eigenvalue weighted by molar-refractivity contribution is 7.92. The van der Waals surface area contributed by atoms with Crippen molar-refractivity contribution in [2.75, 3.05) is 12.5 Å². The number of hydrogen-bond acceptors (Lipinski definition) is 3. The Balaban J connectivity index is 2.36. The van der Waals surface area contributed by atoms with Gasteiger partial charge in [0.15, 0.2) is 6.04 Å². The minimum Gasteiger partial charge on any atom is -0.337 e. The van der Waals surface area contributed by atoms with E-state index in [2.05, 4.69) is 4.36 Å². The molecule has 0 fully saturated rings. The lowest BCUT2D eigenvalue weighted by Gasteiger charge is -2.22.